The van der Waals surface area contributed by atoms with Gasteiger partial charge in [-0.15, -0.1) is 0 Å². The number of imidazole rings is 1. The van der Waals surface area contributed by atoms with Crippen LogP contribution in [0, 0.1) is 0 Å². The van der Waals surface area contributed by atoms with Crippen LogP contribution in [-0.4, -0.2) is 57.5 Å². The molecule has 0 bridgehead atoms. The molecule has 39 heavy (non-hydrogen) atoms. The van der Waals surface area contributed by atoms with Crippen molar-refractivity contribution in [2.75, 3.05) is 32.6 Å². The van der Waals surface area contributed by atoms with Crippen molar-refractivity contribution in [2.24, 2.45) is 0 Å². The van der Waals surface area contributed by atoms with Gasteiger partial charge >= 0.3 is 0 Å². The van der Waals surface area contributed by atoms with Crippen LogP contribution in [0.25, 0.3) is 28.1 Å². The van der Waals surface area contributed by atoms with E-state index in [0.29, 0.717) is 35.2 Å². The first kappa shape index (κ1) is 23.8. The molecule has 5 aromatic rings. The van der Waals surface area contributed by atoms with Gasteiger partial charge < -0.3 is 24.7 Å². The highest BCUT2D eigenvalue weighted by molar-refractivity contribution is 6.06. The summed E-state index contributed by atoms with van der Waals surface area (Å²) in [6.07, 6.45) is 6.18. The van der Waals surface area contributed by atoms with Crippen molar-refractivity contribution in [2.45, 2.75) is 31.8 Å². The Morgan fingerprint density at radius 2 is 2.05 bits per heavy atom. The number of rotatable bonds is 6. The number of amides is 1. The molecule has 5 aromatic heterocycles. The van der Waals surface area contributed by atoms with Gasteiger partial charge in [0.2, 0.25) is 0 Å². The number of ether oxygens (including phenoxy) is 1. The molecule has 198 valence electrons. The monoisotopic (exact) mass is 523 g/mol. The zero-order chi connectivity index (χ0) is 26.7. The highest BCUT2D eigenvalue weighted by Crippen LogP contribution is 2.39. The Bertz CT molecular complexity index is 1730. The number of nitrogens with zero attached hydrogens (tertiary/aromatic N) is 5. The van der Waals surface area contributed by atoms with Crippen LogP contribution in [0.1, 0.15) is 52.5 Å². The predicted molar refractivity (Wildman–Crippen MR) is 147 cm³/mol. The molecule has 0 spiro atoms. The first-order valence-corrected chi connectivity index (χ1v) is 13.1. The Morgan fingerprint density at radius 1 is 1.15 bits per heavy atom. The highest BCUT2D eigenvalue weighted by atomic mass is 16.5. The van der Waals surface area contributed by atoms with Crippen molar-refractivity contribution < 1.29 is 13.9 Å². The number of aromatic nitrogens is 4. The average molecular weight is 524 g/mol. The van der Waals surface area contributed by atoms with Crippen molar-refractivity contribution in [1.29, 1.82) is 0 Å². The molecule has 2 unspecified atom stereocenters. The number of fused-ring (bicyclic) bond motifs is 4. The number of anilines is 2. The van der Waals surface area contributed by atoms with Crippen molar-refractivity contribution in [3.05, 3.63) is 71.4 Å². The van der Waals surface area contributed by atoms with Gasteiger partial charge in [-0.05, 0) is 51.2 Å². The Balaban J connectivity index is 1.32. The number of carbonyl (C=O) groups excluding carboxylic acids is 1. The van der Waals surface area contributed by atoms with E-state index in [-0.39, 0.29) is 11.9 Å². The van der Waals surface area contributed by atoms with Gasteiger partial charge in [0.25, 0.3) is 5.91 Å². The second kappa shape index (κ2) is 9.18. The summed E-state index contributed by atoms with van der Waals surface area (Å²) < 4.78 is 13.3. The molecule has 0 saturated carbocycles. The molecule has 1 fully saturated rings. The number of nitrogens with one attached hydrogen (secondary N) is 2. The Morgan fingerprint density at radius 3 is 2.87 bits per heavy atom. The van der Waals surface area contributed by atoms with Crippen LogP contribution in [-0.2, 0) is 11.3 Å². The Hall–Kier alpha value is -4.28. The van der Waals surface area contributed by atoms with Crippen molar-refractivity contribution in [3.63, 3.8) is 0 Å². The van der Waals surface area contributed by atoms with Crippen LogP contribution < -0.4 is 10.6 Å². The van der Waals surface area contributed by atoms with Gasteiger partial charge in [0, 0.05) is 30.7 Å². The van der Waals surface area contributed by atoms with Crippen LogP contribution in [0.5, 0.6) is 0 Å². The standard InChI is InChI=1S/C29H29N7O3/c1-16-26-27(29(37)32-16)19(33-24-6-4-18(17-8-10-38-15-17)20(34-24)14-35(2)3)12-31-28(26)22-13-30-25-7-5-23-21(36(22)25)9-11-39-23/h4-7,9,11-13,16-17H,8,10,14-15H2,1-3H3,(H,32,37)(H,33,34). The largest absolute Gasteiger partial charge is 0.463 e. The van der Waals surface area contributed by atoms with E-state index in [0.717, 1.165) is 53.3 Å². The van der Waals surface area contributed by atoms with Crippen LogP contribution in [0.4, 0.5) is 11.5 Å². The molecule has 2 aliphatic heterocycles. The summed E-state index contributed by atoms with van der Waals surface area (Å²) >= 11 is 0. The zero-order valence-electron chi connectivity index (χ0n) is 22.1. The molecule has 7 heterocycles. The maximum atomic E-state index is 13.2. The van der Waals surface area contributed by atoms with Crippen molar-refractivity contribution in [3.8, 4) is 11.4 Å². The zero-order valence-corrected chi connectivity index (χ0v) is 22.1. The molecule has 10 nitrogen and oxygen atoms in total. The van der Waals surface area contributed by atoms with Crippen molar-refractivity contribution in [1.82, 2.24) is 29.6 Å². The lowest BCUT2D eigenvalue weighted by Crippen LogP contribution is -2.17. The molecular formula is C29H29N7O3. The fourth-order valence-electron chi connectivity index (χ4n) is 5.81. The van der Waals surface area contributed by atoms with Crippen LogP contribution in [0.3, 0.4) is 0 Å². The highest BCUT2D eigenvalue weighted by Gasteiger charge is 2.33. The lowest BCUT2D eigenvalue weighted by atomic mass is 9.96. The van der Waals surface area contributed by atoms with Crippen molar-refractivity contribution >= 4 is 34.2 Å². The maximum Gasteiger partial charge on any atom is 0.254 e. The number of hydrogen-bond acceptors (Lipinski definition) is 8. The molecule has 2 aliphatic rings. The number of hydrogen-bond donors (Lipinski definition) is 2. The van der Waals surface area contributed by atoms with Gasteiger partial charge in [0.1, 0.15) is 11.5 Å². The van der Waals surface area contributed by atoms with Gasteiger partial charge in [-0.3, -0.25) is 14.2 Å². The molecule has 1 saturated heterocycles. The predicted octanol–water partition coefficient (Wildman–Crippen LogP) is 4.65. The first-order valence-electron chi connectivity index (χ1n) is 13.1. The summed E-state index contributed by atoms with van der Waals surface area (Å²) in [6.45, 7) is 4.19. The maximum absolute atomic E-state index is 13.2. The smallest absolute Gasteiger partial charge is 0.254 e. The van der Waals surface area contributed by atoms with Gasteiger partial charge in [0.15, 0.2) is 5.58 Å². The minimum absolute atomic E-state index is 0.140. The quantitative estimate of drug-likeness (QED) is 0.331. The van der Waals surface area contributed by atoms with E-state index in [2.05, 4.69) is 26.6 Å². The summed E-state index contributed by atoms with van der Waals surface area (Å²) in [5.41, 5.74) is 8.21. The van der Waals surface area contributed by atoms with E-state index in [1.807, 2.05) is 49.7 Å². The summed E-state index contributed by atoms with van der Waals surface area (Å²) in [7, 11) is 4.07. The number of furan rings is 1. The molecule has 2 atom stereocenters. The summed E-state index contributed by atoms with van der Waals surface area (Å²) in [6, 6.07) is 9.62. The molecule has 0 aromatic carbocycles. The third-order valence-corrected chi connectivity index (χ3v) is 7.56. The van der Waals surface area contributed by atoms with Crippen LogP contribution in [0.2, 0.25) is 0 Å². The van der Waals surface area contributed by atoms with E-state index in [1.54, 1.807) is 18.7 Å². The lowest BCUT2D eigenvalue weighted by molar-refractivity contribution is 0.0959. The van der Waals surface area contributed by atoms with E-state index in [9.17, 15) is 4.79 Å². The third kappa shape index (κ3) is 3.95. The Labute approximate surface area is 225 Å². The van der Waals surface area contributed by atoms with Gasteiger partial charge in [-0.1, -0.05) is 6.07 Å². The van der Waals surface area contributed by atoms with Gasteiger partial charge in [0.05, 0.1) is 65.2 Å². The minimum atomic E-state index is -0.215. The third-order valence-electron chi connectivity index (χ3n) is 7.56. The fraction of sp³-hybridized carbons (Fsp3) is 0.310. The second-order valence-corrected chi connectivity index (χ2v) is 10.5. The van der Waals surface area contributed by atoms with E-state index in [1.165, 1.54) is 5.56 Å². The second-order valence-electron chi connectivity index (χ2n) is 10.5. The van der Waals surface area contributed by atoms with E-state index < -0.39 is 0 Å². The SMILES string of the molecule is CC1NC(=O)c2c(Nc3ccc(C4CCOC4)c(CN(C)C)n3)cnc(-c3cnc4ccc5occc5n34)c21. The van der Waals surface area contributed by atoms with Crippen LogP contribution in [0.15, 0.2) is 53.4 Å². The van der Waals surface area contributed by atoms with Crippen LogP contribution >= 0.6 is 0 Å². The molecular weight excluding hydrogens is 494 g/mol. The normalized spacial score (nSPS) is 18.8. The first-order chi connectivity index (χ1) is 19.0. The molecule has 1 amide bonds. The topological polar surface area (TPSA) is 110 Å². The Kier molecular flexibility index (Phi) is 5.60. The average Bonchev–Trinajstić information content (AvgIpc) is 3.71. The van der Waals surface area contributed by atoms with Gasteiger partial charge in [-0.25, -0.2) is 9.97 Å². The molecule has 0 radical (unpaired) electrons. The summed E-state index contributed by atoms with van der Waals surface area (Å²) in [4.78, 5) is 29.8. The summed E-state index contributed by atoms with van der Waals surface area (Å²) in [5.74, 6) is 0.887. The molecule has 2 N–H and O–H groups in total. The van der Waals surface area contributed by atoms with E-state index in [4.69, 9.17) is 19.1 Å². The molecule has 10 heteroatoms. The number of pyridine rings is 3. The molecule has 0 aliphatic carbocycles. The fourth-order valence-corrected chi connectivity index (χ4v) is 5.81. The minimum Gasteiger partial charge on any atom is -0.463 e. The van der Waals surface area contributed by atoms with E-state index >= 15 is 0 Å². The summed E-state index contributed by atoms with van der Waals surface area (Å²) in [5, 5.41) is 6.47. The lowest BCUT2D eigenvalue weighted by Gasteiger charge is -2.19. The number of carbonyl (C=O) groups is 1. The van der Waals surface area contributed by atoms with Gasteiger partial charge in [-0.2, -0.15) is 0 Å². The molecule has 7 rings (SSSR count).